The molecule has 0 saturated heterocycles. The molecule has 0 aliphatic rings. The van der Waals surface area contributed by atoms with Crippen LogP contribution < -0.4 is 4.90 Å². The molecule has 0 bridgehead atoms. The number of anilines is 1. The van der Waals surface area contributed by atoms with Gasteiger partial charge in [-0.15, -0.1) is 0 Å². The van der Waals surface area contributed by atoms with Crippen LogP contribution in [0.3, 0.4) is 0 Å². The number of benzene rings is 1. The molecule has 4 nitrogen and oxygen atoms in total. The second-order valence-electron chi connectivity index (χ2n) is 4.10. The molecular formula is C14H19ClN2O2. The normalized spacial score (nSPS) is 10.2. The minimum atomic E-state index is 0.567. The molecule has 0 saturated carbocycles. The van der Waals surface area contributed by atoms with Crippen molar-refractivity contribution in [1.29, 1.82) is 5.26 Å². The monoisotopic (exact) mass is 282 g/mol. The Kier molecular flexibility index (Phi) is 7.27. The van der Waals surface area contributed by atoms with E-state index in [0.717, 1.165) is 25.2 Å². The van der Waals surface area contributed by atoms with E-state index in [1.54, 1.807) is 26.4 Å². The summed E-state index contributed by atoms with van der Waals surface area (Å²) in [4.78, 5) is 2.14. The molecule has 0 atom stereocenters. The van der Waals surface area contributed by atoms with E-state index in [1.165, 1.54) is 0 Å². The fourth-order valence-electron chi connectivity index (χ4n) is 1.79. The molecule has 1 aromatic rings. The van der Waals surface area contributed by atoms with Gasteiger partial charge in [0.25, 0.3) is 0 Å². The summed E-state index contributed by atoms with van der Waals surface area (Å²) in [6.07, 6.45) is 0.913. The summed E-state index contributed by atoms with van der Waals surface area (Å²) in [5.41, 5.74) is 1.49. The topological polar surface area (TPSA) is 45.5 Å². The van der Waals surface area contributed by atoms with Crippen molar-refractivity contribution in [2.24, 2.45) is 0 Å². The lowest BCUT2D eigenvalue weighted by Crippen LogP contribution is -2.29. The first-order valence-corrected chi connectivity index (χ1v) is 6.53. The fraction of sp³-hybridized carbons (Fsp3) is 0.500. The van der Waals surface area contributed by atoms with Crippen LogP contribution in [0.5, 0.6) is 0 Å². The van der Waals surface area contributed by atoms with Crippen LogP contribution in [-0.2, 0) is 9.47 Å². The molecule has 0 spiro atoms. The highest BCUT2D eigenvalue weighted by molar-refractivity contribution is 6.33. The van der Waals surface area contributed by atoms with Gasteiger partial charge in [-0.3, -0.25) is 0 Å². The minimum Gasteiger partial charge on any atom is -0.385 e. The van der Waals surface area contributed by atoms with Gasteiger partial charge >= 0.3 is 0 Å². The van der Waals surface area contributed by atoms with E-state index < -0.39 is 0 Å². The average Bonchev–Trinajstić information content (AvgIpc) is 2.43. The molecule has 0 amide bonds. The highest BCUT2D eigenvalue weighted by Gasteiger charge is 2.10. The number of hydrogen-bond donors (Lipinski definition) is 0. The zero-order chi connectivity index (χ0) is 14.1. The van der Waals surface area contributed by atoms with Crippen molar-refractivity contribution in [3.05, 3.63) is 28.8 Å². The summed E-state index contributed by atoms with van der Waals surface area (Å²) in [6, 6.07) is 7.42. The van der Waals surface area contributed by atoms with E-state index >= 15 is 0 Å². The molecule has 0 N–H and O–H groups in total. The molecule has 1 rings (SSSR count). The maximum Gasteiger partial charge on any atom is 0.0992 e. The van der Waals surface area contributed by atoms with Crippen LogP contribution in [0.2, 0.25) is 5.02 Å². The average molecular weight is 283 g/mol. The quantitative estimate of drug-likeness (QED) is 0.688. The third kappa shape index (κ3) is 5.07. The van der Waals surface area contributed by atoms with Gasteiger partial charge in [-0.2, -0.15) is 5.26 Å². The Morgan fingerprint density at radius 3 is 2.53 bits per heavy atom. The van der Waals surface area contributed by atoms with Crippen LogP contribution in [-0.4, -0.2) is 40.5 Å². The first-order chi connectivity index (χ1) is 9.22. The fourth-order valence-corrected chi connectivity index (χ4v) is 2.09. The van der Waals surface area contributed by atoms with Crippen LogP contribution in [0, 0.1) is 11.3 Å². The predicted octanol–water partition coefficient (Wildman–Crippen LogP) is 2.70. The Hall–Kier alpha value is -1.28. The summed E-state index contributed by atoms with van der Waals surface area (Å²) >= 11 is 6.23. The number of halogens is 1. The number of methoxy groups -OCH3 is 2. The summed E-state index contributed by atoms with van der Waals surface area (Å²) in [6.45, 7) is 2.93. The number of nitrogens with zero attached hydrogens (tertiary/aromatic N) is 2. The second-order valence-corrected chi connectivity index (χ2v) is 4.51. The van der Waals surface area contributed by atoms with E-state index in [1.807, 2.05) is 6.07 Å². The van der Waals surface area contributed by atoms with Crippen molar-refractivity contribution in [1.82, 2.24) is 0 Å². The Balaban J connectivity index is 2.80. The van der Waals surface area contributed by atoms with Gasteiger partial charge in [0, 0.05) is 33.9 Å². The van der Waals surface area contributed by atoms with Crippen molar-refractivity contribution in [2.75, 3.05) is 45.4 Å². The van der Waals surface area contributed by atoms with Crippen LogP contribution in [0.15, 0.2) is 18.2 Å². The molecule has 0 unspecified atom stereocenters. The van der Waals surface area contributed by atoms with Crippen LogP contribution in [0.1, 0.15) is 12.0 Å². The number of nitriles is 1. The van der Waals surface area contributed by atoms with Crippen molar-refractivity contribution in [3.8, 4) is 6.07 Å². The van der Waals surface area contributed by atoms with Crippen LogP contribution in [0.4, 0.5) is 5.69 Å². The Morgan fingerprint density at radius 1 is 1.21 bits per heavy atom. The highest BCUT2D eigenvalue weighted by Crippen LogP contribution is 2.26. The zero-order valence-electron chi connectivity index (χ0n) is 11.4. The standard InChI is InChI=1S/C14H19ClN2O2/c1-18-8-3-6-17(7-9-19-2)14-5-4-12(11-16)10-13(14)15/h4-5,10H,3,6-9H2,1-2H3. The number of ether oxygens (including phenoxy) is 2. The van der Waals surface area contributed by atoms with Gasteiger partial charge in [-0.05, 0) is 24.6 Å². The van der Waals surface area contributed by atoms with E-state index in [2.05, 4.69) is 11.0 Å². The van der Waals surface area contributed by atoms with E-state index in [0.29, 0.717) is 23.8 Å². The van der Waals surface area contributed by atoms with Gasteiger partial charge in [-0.1, -0.05) is 11.6 Å². The molecule has 0 fully saturated rings. The smallest absolute Gasteiger partial charge is 0.0992 e. The highest BCUT2D eigenvalue weighted by atomic mass is 35.5. The van der Waals surface area contributed by atoms with Crippen molar-refractivity contribution in [2.45, 2.75) is 6.42 Å². The Bertz CT molecular complexity index is 432. The molecule has 104 valence electrons. The maximum atomic E-state index is 8.85. The molecule has 1 aromatic carbocycles. The van der Waals surface area contributed by atoms with E-state index in [4.69, 9.17) is 26.3 Å². The molecule has 0 heterocycles. The van der Waals surface area contributed by atoms with Gasteiger partial charge in [0.05, 0.1) is 28.9 Å². The third-order valence-corrected chi connectivity index (χ3v) is 3.06. The lowest BCUT2D eigenvalue weighted by molar-refractivity contribution is 0.191. The largest absolute Gasteiger partial charge is 0.385 e. The van der Waals surface area contributed by atoms with Crippen LogP contribution in [0.25, 0.3) is 0 Å². The molecule has 5 heteroatoms. The van der Waals surface area contributed by atoms with Gasteiger partial charge in [0.2, 0.25) is 0 Å². The first-order valence-electron chi connectivity index (χ1n) is 6.15. The van der Waals surface area contributed by atoms with Gasteiger partial charge < -0.3 is 14.4 Å². The molecule has 0 aliphatic heterocycles. The summed E-state index contributed by atoms with van der Waals surface area (Å²) in [7, 11) is 3.36. The number of hydrogen-bond acceptors (Lipinski definition) is 4. The van der Waals surface area contributed by atoms with Crippen molar-refractivity contribution in [3.63, 3.8) is 0 Å². The van der Waals surface area contributed by atoms with Gasteiger partial charge in [-0.25, -0.2) is 0 Å². The van der Waals surface area contributed by atoms with Gasteiger partial charge in [0.15, 0.2) is 0 Å². The molecule has 19 heavy (non-hydrogen) atoms. The SMILES string of the molecule is COCCCN(CCOC)c1ccc(C#N)cc1Cl. The number of rotatable bonds is 8. The van der Waals surface area contributed by atoms with E-state index in [-0.39, 0.29) is 0 Å². The Labute approximate surface area is 119 Å². The van der Waals surface area contributed by atoms with Crippen molar-refractivity contribution < 1.29 is 9.47 Å². The lowest BCUT2D eigenvalue weighted by Gasteiger charge is -2.25. The zero-order valence-corrected chi connectivity index (χ0v) is 12.1. The van der Waals surface area contributed by atoms with E-state index in [9.17, 15) is 0 Å². The molecule has 0 aromatic heterocycles. The predicted molar refractivity (Wildman–Crippen MR) is 76.7 cm³/mol. The molecule has 0 radical (unpaired) electrons. The lowest BCUT2D eigenvalue weighted by atomic mass is 10.2. The van der Waals surface area contributed by atoms with Gasteiger partial charge in [0.1, 0.15) is 0 Å². The summed E-state index contributed by atoms with van der Waals surface area (Å²) < 4.78 is 10.2. The first kappa shape index (κ1) is 15.8. The second kappa shape index (κ2) is 8.76. The third-order valence-electron chi connectivity index (χ3n) is 2.76. The minimum absolute atomic E-state index is 0.567. The summed E-state index contributed by atoms with van der Waals surface area (Å²) in [5.74, 6) is 0. The molecular weight excluding hydrogens is 264 g/mol. The molecule has 0 aliphatic carbocycles. The maximum absolute atomic E-state index is 8.85. The summed E-state index contributed by atoms with van der Waals surface area (Å²) in [5, 5.41) is 9.44. The van der Waals surface area contributed by atoms with Crippen LogP contribution >= 0.6 is 11.6 Å². The van der Waals surface area contributed by atoms with Crippen molar-refractivity contribution >= 4 is 17.3 Å². The Morgan fingerprint density at radius 2 is 1.95 bits per heavy atom.